The molecule has 3 N–H and O–H groups in total. The molecule has 9 heteroatoms. The minimum Gasteiger partial charge on any atom is -0.513 e. The largest absolute Gasteiger partial charge is 0.513 e. The van der Waals surface area contributed by atoms with Gasteiger partial charge in [0, 0.05) is 24.9 Å². The smallest absolute Gasteiger partial charge is 0.416 e. The van der Waals surface area contributed by atoms with E-state index in [9.17, 15) is 24.9 Å². The molecule has 2 atom stereocenters. The Morgan fingerprint density at radius 2 is 1.70 bits per heavy atom. The summed E-state index contributed by atoms with van der Waals surface area (Å²) in [6.45, 7) is 3.89. The molecular formula is C31H30N2O7. The third-order valence-corrected chi connectivity index (χ3v) is 7.92. The zero-order valence-corrected chi connectivity index (χ0v) is 21.8. The fourth-order valence-electron chi connectivity index (χ4n) is 6.02. The number of amides is 2. The van der Waals surface area contributed by atoms with Crippen LogP contribution in [0.1, 0.15) is 46.7 Å². The molecule has 0 saturated carbocycles. The molecule has 1 saturated heterocycles. The molecule has 0 spiro atoms. The topological polar surface area (TPSA) is 120 Å². The van der Waals surface area contributed by atoms with Crippen LogP contribution in [0.25, 0.3) is 11.1 Å². The third kappa shape index (κ3) is 4.32. The summed E-state index contributed by atoms with van der Waals surface area (Å²) in [6, 6.07) is 18.0. The summed E-state index contributed by atoms with van der Waals surface area (Å²) in [5.74, 6) is -0.958. The van der Waals surface area contributed by atoms with E-state index in [0.717, 1.165) is 27.2 Å². The highest BCUT2D eigenvalue weighted by Gasteiger charge is 2.45. The molecular weight excluding hydrogens is 512 g/mol. The Labute approximate surface area is 231 Å². The summed E-state index contributed by atoms with van der Waals surface area (Å²) in [5, 5.41) is 31.5. The lowest BCUT2D eigenvalue weighted by Crippen LogP contribution is -2.51. The van der Waals surface area contributed by atoms with Gasteiger partial charge in [-0.3, -0.25) is 4.79 Å². The van der Waals surface area contributed by atoms with Crippen molar-refractivity contribution in [3.8, 4) is 22.6 Å². The van der Waals surface area contributed by atoms with Crippen molar-refractivity contribution < 1.29 is 34.4 Å². The maximum atomic E-state index is 13.8. The Bertz CT molecular complexity index is 1460. The summed E-state index contributed by atoms with van der Waals surface area (Å²) in [4.78, 5) is 29.9. The van der Waals surface area contributed by atoms with Gasteiger partial charge in [-0.1, -0.05) is 55.1 Å². The van der Waals surface area contributed by atoms with Crippen LogP contribution in [0.2, 0.25) is 0 Å². The first kappa shape index (κ1) is 25.8. The van der Waals surface area contributed by atoms with Crippen LogP contribution in [0.5, 0.6) is 11.5 Å². The van der Waals surface area contributed by atoms with E-state index in [-0.39, 0.29) is 54.1 Å². The molecule has 6 rings (SSSR count). The van der Waals surface area contributed by atoms with Gasteiger partial charge in [0.05, 0.1) is 29.7 Å². The van der Waals surface area contributed by atoms with Crippen molar-refractivity contribution in [3.63, 3.8) is 0 Å². The Morgan fingerprint density at radius 1 is 1.02 bits per heavy atom. The fraction of sp³-hybridized carbons (Fsp3) is 0.290. The first-order valence-corrected chi connectivity index (χ1v) is 13.3. The molecule has 0 aromatic heterocycles. The molecule has 2 heterocycles. The lowest BCUT2D eigenvalue weighted by atomic mass is 9.98. The van der Waals surface area contributed by atoms with Crippen LogP contribution in [0.15, 0.2) is 73.0 Å². The molecule has 3 aliphatic rings. The number of carbonyl (C=O) groups is 2. The van der Waals surface area contributed by atoms with Crippen LogP contribution in [-0.4, -0.2) is 64.2 Å². The van der Waals surface area contributed by atoms with E-state index in [4.69, 9.17) is 9.47 Å². The molecule has 2 amide bonds. The molecule has 2 aliphatic heterocycles. The predicted octanol–water partition coefficient (Wildman–Crippen LogP) is 4.92. The normalized spacial score (nSPS) is 19.4. The highest BCUT2D eigenvalue weighted by Crippen LogP contribution is 2.45. The van der Waals surface area contributed by atoms with E-state index in [2.05, 4.69) is 6.58 Å². The quantitative estimate of drug-likeness (QED) is 0.378. The summed E-state index contributed by atoms with van der Waals surface area (Å²) in [5.41, 5.74) is 4.44. The zero-order chi connectivity index (χ0) is 28.0. The van der Waals surface area contributed by atoms with Gasteiger partial charge in [-0.15, -0.1) is 0 Å². The van der Waals surface area contributed by atoms with Crippen LogP contribution in [0, 0.1) is 0 Å². The molecule has 9 nitrogen and oxygen atoms in total. The number of rotatable bonds is 6. The number of phenols is 1. The van der Waals surface area contributed by atoms with Gasteiger partial charge < -0.3 is 29.7 Å². The van der Waals surface area contributed by atoms with Crippen molar-refractivity contribution in [1.82, 2.24) is 4.90 Å². The molecule has 206 valence electrons. The number of aromatic hydroxyl groups is 1. The van der Waals surface area contributed by atoms with E-state index in [0.29, 0.717) is 19.4 Å². The molecule has 3 aromatic rings. The Kier molecular flexibility index (Phi) is 6.59. The van der Waals surface area contributed by atoms with Gasteiger partial charge in [-0.25, -0.2) is 9.69 Å². The number of ether oxygens (including phenoxy) is 2. The van der Waals surface area contributed by atoms with Crippen molar-refractivity contribution in [1.29, 1.82) is 0 Å². The van der Waals surface area contributed by atoms with Crippen molar-refractivity contribution in [2.45, 2.75) is 37.5 Å². The number of carbonyl (C=O) groups excluding carboxylic acids is 2. The number of aliphatic hydroxyl groups excluding tert-OH is 2. The van der Waals surface area contributed by atoms with Gasteiger partial charge in [0.2, 0.25) is 0 Å². The van der Waals surface area contributed by atoms with Crippen molar-refractivity contribution in [3.05, 3.63) is 89.7 Å². The van der Waals surface area contributed by atoms with Crippen LogP contribution < -0.4 is 9.64 Å². The Morgan fingerprint density at radius 3 is 2.38 bits per heavy atom. The maximum Gasteiger partial charge on any atom is 0.416 e. The summed E-state index contributed by atoms with van der Waals surface area (Å²) in [7, 11) is 0. The number of aliphatic hydroxyl groups is 2. The predicted molar refractivity (Wildman–Crippen MR) is 148 cm³/mol. The first-order valence-electron chi connectivity index (χ1n) is 13.3. The van der Waals surface area contributed by atoms with Gasteiger partial charge in [0.1, 0.15) is 6.61 Å². The maximum absolute atomic E-state index is 13.8. The second kappa shape index (κ2) is 10.2. The summed E-state index contributed by atoms with van der Waals surface area (Å²) < 4.78 is 11.5. The number of nitrogens with zero attached hydrogens (tertiary/aromatic N) is 2. The second-order valence-corrected chi connectivity index (χ2v) is 10.3. The van der Waals surface area contributed by atoms with E-state index in [1.54, 1.807) is 0 Å². The van der Waals surface area contributed by atoms with E-state index in [1.165, 1.54) is 17.0 Å². The van der Waals surface area contributed by atoms with Gasteiger partial charge >= 0.3 is 6.09 Å². The summed E-state index contributed by atoms with van der Waals surface area (Å²) >= 11 is 0. The standard InChI is InChI=1S/C31H30N2O7/c1-18(34)12-14-39-28-16-26-23(15-27(28)35)29(36)32-13-6-11-25(32)30(37)33(26)31(38)40-17-24-21-9-4-2-7-19(21)20-8-3-5-10-22(20)24/h2-5,7-10,15-16,24-25,30,34-35,37H,1,6,11-14,17H2. The van der Waals surface area contributed by atoms with Gasteiger partial charge in [0.25, 0.3) is 5.91 Å². The van der Waals surface area contributed by atoms with Gasteiger partial charge in [0.15, 0.2) is 17.7 Å². The number of fused-ring (bicyclic) bond motifs is 5. The van der Waals surface area contributed by atoms with E-state index in [1.807, 2.05) is 48.5 Å². The molecule has 2 unspecified atom stereocenters. The number of anilines is 1. The van der Waals surface area contributed by atoms with Crippen LogP contribution in [-0.2, 0) is 4.74 Å². The minimum atomic E-state index is -1.36. The second-order valence-electron chi connectivity index (χ2n) is 10.3. The number of hydrogen-bond donors (Lipinski definition) is 3. The molecule has 40 heavy (non-hydrogen) atoms. The minimum absolute atomic E-state index is 0.00138. The average molecular weight is 543 g/mol. The molecule has 0 radical (unpaired) electrons. The SMILES string of the molecule is C=C(O)CCOc1cc2c(cc1O)C(=O)N1CCCC1C(O)N2C(=O)OCC1c2ccccc2-c2ccccc21. The van der Waals surface area contributed by atoms with Gasteiger partial charge in [-0.2, -0.15) is 0 Å². The summed E-state index contributed by atoms with van der Waals surface area (Å²) in [6.07, 6.45) is -0.846. The third-order valence-electron chi connectivity index (χ3n) is 7.92. The molecule has 0 bridgehead atoms. The zero-order valence-electron chi connectivity index (χ0n) is 21.8. The van der Waals surface area contributed by atoms with Gasteiger partial charge in [-0.05, 0) is 41.2 Å². The Hall–Kier alpha value is -4.50. The molecule has 3 aromatic carbocycles. The van der Waals surface area contributed by atoms with E-state index >= 15 is 0 Å². The Balaban J connectivity index is 1.33. The van der Waals surface area contributed by atoms with Crippen LogP contribution in [0.3, 0.4) is 0 Å². The van der Waals surface area contributed by atoms with Crippen LogP contribution in [0.4, 0.5) is 10.5 Å². The fourth-order valence-corrected chi connectivity index (χ4v) is 6.02. The monoisotopic (exact) mass is 542 g/mol. The average Bonchev–Trinajstić information content (AvgIpc) is 3.54. The van der Waals surface area contributed by atoms with E-state index < -0.39 is 24.3 Å². The van der Waals surface area contributed by atoms with Crippen molar-refractivity contribution >= 4 is 17.7 Å². The lowest BCUT2D eigenvalue weighted by molar-refractivity contribution is 0.0488. The number of benzene rings is 3. The highest BCUT2D eigenvalue weighted by atomic mass is 16.6. The molecule has 1 aliphatic carbocycles. The first-order chi connectivity index (χ1) is 19.3. The highest BCUT2D eigenvalue weighted by molar-refractivity contribution is 6.06. The van der Waals surface area contributed by atoms with Crippen molar-refractivity contribution in [2.24, 2.45) is 0 Å². The van der Waals surface area contributed by atoms with Crippen molar-refractivity contribution in [2.75, 3.05) is 24.7 Å². The van der Waals surface area contributed by atoms with Crippen LogP contribution >= 0.6 is 0 Å². The number of hydrogen-bond acceptors (Lipinski definition) is 7. The number of phenolic OH excluding ortho intramolecular Hbond substituents is 1. The molecule has 1 fully saturated rings. The lowest BCUT2D eigenvalue weighted by Gasteiger charge is -2.32.